The van der Waals surface area contributed by atoms with Crippen LogP contribution in [0.25, 0.3) is 5.69 Å². The number of carbonyl (C=O) groups is 1. The van der Waals surface area contributed by atoms with Crippen molar-refractivity contribution in [3.63, 3.8) is 0 Å². The molecule has 22 heavy (non-hydrogen) atoms. The van der Waals surface area contributed by atoms with Crippen LogP contribution in [0.1, 0.15) is 15.9 Å². The van der Waals surface area contributed by atoms with E-state index < -0.39 is 5.97 Å². The molecule has 0 aliphatic carbocycles. The first-order valence-corrected chi connectivity index (χ1v) is 7.63. The minimum absolute atomic E-state index is 0.292. The summed E-state index contributed by atoms with van der Waals surface area (Å²) in [6.45, 7) is 0. The number of carboxylic acids is 1. The van der Waals surface area contributed by atoms with Gasteiger partial charge >= 0.3 is 5.97 Å². The molecule has 0 aliphatic rings. The van der Waals surface area contributed by atoms with Gasteiger partial charge in [0.2, 0.25) is 5.16 Å². The molecule has 1 N–H and O–H groups in total. The molecule has 0 saturated carbocycles. The molecule has 0 fully saturated rings. The van der Waals surface area contributed by atoms with Gasteiger partial charge in [0.15, 0.2) is 0 Å². The fourth-order valence-electron chi connectivity index (χ4n) is 1.91. The van der Waals surface area contributed by atoms with E-state index in [1.165, 1.54) is 11.8 Å². The van der Waals surface area contributed by atoms with Gasteiger partial charge in [-0.05, 0) is 29.8 Å². The van der Waals surface area contributed by atoms with Gasteiger partial charge in [-0.15, -0.1) is 5.10 Å². The second kappa shape index (κ2) is 6.44. The van der Waals surface area contributed by atoms with Crippen LogP contribution in [0.5, 0.6) is 0 Å². The van der Waals surface area contributed by atoms with Crippen LogP contribution in [0, 0.1) is 0 Å². The average molecular weight is 311 g/mol. The van der Waals surface area contributed by atoms with Crippen molar-refractivity contribution in [3.05, 3.63) is 72.1 Å². The molecule has 5 nitrogen and oxygen atoms in total. The number of carboxylic acid groups (broad SMARTS) is 1. The number of benzene rings is 2. The van der Waals surface area contributed by atoms with Gasteiger partial charge in [0.25, 0.3) is 0 Å². The first-order valence-electron chi connectivity index (χ1n) is 6.64. The fraction of sp³-hybridized carbons (Fsp3) is 0.0625. The largest absolute Gasteiger partial charge is 0.478 e. The van der Waals surface area contributed by atoms with Crippen molar-refractivity contribution in [2.75, 3.05) is 0 Å². The quantitative estimate of drug-likeness (QED) is 0.733. The Morgan fingerprint density at radius 3 is 2.50 bits per heavy atom. The highest BCUT2D eigenvalue weighted by atomic mass is 32.2. The van der Waals surface area contributed by atoms with Gasteiger partial charge in [-0.1, -0.05) is 42.1 Å². The van der Waals surface area contributed by atoms with Crippen LogP contribution in [0.4, 0.5) is 0 Å². The van der Waals surface area contributed by atoms with Crippen molar-refractivity contribution in [2.24, 2.45) is 0 Å². The van der Waals surface area contributed by atoms with Gasteiger partial charge in [0, 0.05) is 5.75 Å². The lowest BCUT2D eigenvalue weighted by atomic mass is 10.1. The van der Waals surface area contributed by atoms with Gasteiger partial charge in [0.1, 0.15) is 6.33 Å². The van der Waals surface area contributed by atoms with E-state index >= 15 is 0 Å². The first-order chi connectivity index (χ1) is 10.7. The second-order valence-corrected chi connectivity index (χ2v) is 5.54. The number of aromatic nitrogens is 3. The Balaban J connectivity index is 1.65. The van der Waals surface area contributed by atoms with Crippen molar-refractivity contribution < 1.29 is 9.90 Å². The van der Waals surface area contributed by atoms with E-state index in [1.807, 2.05) is 42.5 Å². The zero-order valence-electron chi connectivity index (χ0n) is 11.6. The molecule has 3 rings (SSSR count). The molecule has 0 unspecified atom stereocenters. The van der Waals surface area contributed by atoms with Crippen LogP contribution in [0.3, 0.4) is 0 Å². The molecule has 3 aromatic rings. The number of para-hydroxylation sites is 1. The molecule has 0 spiro atoms. The van der Waals surface area contributed by atoms with Crippen LogP contribution >= 0.6 is 11.8 Å². The molecule has 0 amide bonds. The predicted molar refractivity (Wildman–Crippen MR) is 84.3 cm³/mol. The third-order valence-electron chi connectivity index (χ3n) is 3.06. The topological polar surface area (TPSA) is 68.0 Å². The fourth-order valence-corrected chi connectivity index (χ4v) is 2.67. The summed E-state index contributed by atoms with van der Waals surface area (Å²) in [5, 5.41) is 14.0. The summed E-state index contributed by atoms with van der Waals surface area (Å²) in [6, 6.07) is 16.6. The summed E-state index contributed by atoms with van der Waals surface area (Å²) in [5.74, 6) is -0.221. The van der Waals surface area contributed by atoms with E-state index in [0.717, 1.165) is 11.3 Å². The number of thioether (sulfide) groups is 1. The molecular weight excluding hydrogens is 298 g/mol. The molecule has 2 aromatic carbocycles. The summed E-state index contributed by atoms with van der Waals surface area (Å²) in [5.41, 5.74) is 2.29. The van der Waals surface area contributed by atoms with Crippen molar-refractivity contribution in [1.82, 2.24) is 14.8 Å². The normalized spacial score (nSPS) is 10.5. The van der Waals surface area contributed by atoms with E-state index in [1.54, 1.807) is 23.1 Å². The third-order valence-corrected chi connectivity index (χ3v) is 3.98. The Kier molecular flexibility index (Phi) is 4.20. The van der Waals surface area contributed by atoms with Crippen LogP contribution in [-0.2, 0) is 5.75 Å². The zero-order chi connectivity index (χ0) is 15.4. The summed E-state index contributed by atoms with van der Waals surface area (Å²) < 4.78 is 1.73. The Hall–Kier alpha value is -2.60. The highest BCUT2D eigenvalue weighted by molar-refractivity contribution is 7.98. The summed E-state index contributed by atoms with van der Waals surface area (Å²) in [7, 11) is 0. The van der Waals surface area contributed by atoms with Crippen LogP contribution in [0.2, 0.25) is 0 Å². The molecular formula is C16H13N3O2S. The van der Waals surface area contributed by atoms with Crippen molar-refractivity contribution in [3.8, 4) is 5.69 Å². The van der Waals surface area contributed by atoms with E-state index in [4.69, 9.17) is 5.11 Å². The van der Waals surface area contributed by atoms with E-state index in [0.29, 0.717) is 16.5 Å². The lowest BCUT2D eigenvalue weighted by Gasteiger charge is -2.00. The summed E-state index contributed by atoms with van der Waals surface area (Å²) in [4.78, 5) is 15.1. The predicted octanol–water partition coefficient (Wildman–Crippen LogP) is 3.26. The lowest BCUT2D eigenvalue weighted by Crippen LogP contribution is -1.95. The SMILES string of the molecule is O=C(O)c1ccc(CSc2ncn(-c3ccccc3)n2)cc1. The van der Waals surface area contributed by atoms with Gasteiger partial charge in [0.05, 0.1) is 11.3 Å². The van der Waals surface area contributed by atoms with Gasteiger partial charge in [-0.25, -0.2) is 14.5 Å². The average Bonchev–Trinajstić information content (AvgIpc) is 3.03. The zero-order valence-corrected chi connectivity index (χ0v) is 12.4. The third kappa shape index (κ3) is 3.35. The van der Waals surface area contributed by atoms with Crippen molar-refractivity contribution in [1.29, 1.82) is 0 Å². The number of aromatic carboxylic acids is 1. The highest BCUT2D eigenvalue weighted by Crippen LogP contribution is 2.20. The minimum atomic E-state index is -0.914. The Morgan fingerprint density at radius 1 is 1.09 bits per heavy atom. The molecule has 110 valence electrons. The van der Waals surface area contributed by atoms with Gasteiger partial charge in [-0.2, -0.15) is 0 Å². The maximum atomic E-state index is 10.8. The first kappa shape index (κ1) is 14.3. The molecule has 6 heteroatoms. The summed E-state index contributed by atoms with van der Waals surface area (Å²) in [6.07, 6.45) is 1.69. The molecule has 0 radical (unpaired) electrons. The lowest BCUT2D eigenvalue weighted by molar-refractivity contribution is 0.0697. The van der Waals surface area contributed by atoms with Crippen molar-refractivity contribution >= 4 is 17.7 Å². The highest BCUT2D eigenvalue weighted by Gasteiger charge is 2.05. The number of hydrogen-bond acceptors (Lipinski definition) is 4. The van der Waals surface area contributed by atoms with Crippen molar-refractivity contribution in [2.45, 2.75) is 10.9 Å². The van der Waals surface area contributed by atoms with E-state index in [9.17, 15) is 4.79 Å². The molecule has 0 aliphatic heterocycles. The Morgan fingerprint density at radius 2 is 1.82 bits per heavy atom. The number of hydrogen-bond donors (Lipinski definition) is 1. The van der Waals surface area contributed by atoms with Crippen LogP contribution in [-0.4, -0.2) is 25.8 Å². The Labute approximate surface area is 131 Å². The van der Waals surface area contributed by atoms with E-state index in [-0.39, 0.29) is 0 Å². The molecule has 0 saturated heterocycles. The number of nitrogens with zero attached hydrogens (tertiary/aromatic N) is 3. The second-order valence-electron chi connectivity index (χ2n) is 4.60. The maximum absolute atomic E-state index is 10.8. The van der Waals surface area contributed by atoms with Gasteiger partial charge < -0.3 is 5.11 Å². The monoisotopic (exact) mass is 311 g/mol. The number of rotatable bonds is 5. The minimum Gasteiger partial charge on any atom is -0.478 e. The summed E-state index contributed by atoms with van der Waals surface area (Å²) >= 11 is 1.51. The molecule has 0 bridgehead atoms. The molecule has 1 aromatic heterocycles. The molecule has 1 heterocycles. The molecule has 0 atom stereocenters. The van der Waals surface area contributed by atoms with Gasteiger partial charge in [-0.3, -0.25) is 0 Å². The Bertz CT molecular complexity index is 770. The van der Waals surface area contributed by atoms with E-state index in [2.05, 4.69) is 10.1 Å². The maximum Gasteiger partial charge on any atom is 0.335 e. The van der Waals surface area contributed by atoms with Crippen LogP contribution < -0.4 is 0 Å². The standard InChI is InChI=1S/C16H13N3O2S/c20-15(21)13-8-6-12(7-9-13)10-22-16-17-11-19(18-16)14-4-2-1-3-5-14/h1-9,11H,10H2,(H,20,21). The smallest absolute Gasteiger partial charge is 0.335 e. The van der Waals surface area contributed by atoms with Crippen LogP contribution in [0.15, 0.2) is 66.1 Å².